The predicted molar refractivity (Wildman–Crippen MR) is 95.3 cm³/mol. The van der Waals surface area contributed by atoms with Gasteiger partial charge in [0.15, 0.2) is 0 Å². The van der Waals surface area contributed by atoms with Crippen LogP contribution in [0.5, 0.6) is 0 Å². The minimum absolute atomic E-state index is 0.0596. The van der Waals surface area contributed by atoms with Crippen molar-refractivity contribution in [2.24, 2.45) is 0 Å². The first-order chi connectivity index (χ1) is 11.7. The number of rotatable bonds is 6. The van der Waals surface area contributed by atoms with Crippen molar-refractivity contribution in [2.75, 3.05) is 23.8 Å². The Hall–Kier alpha value is -2.99. The van der Waals surface area contributed by atoms with Gasteiger partial charge in [0.25, 0.3) is 0 Å². The molecular formula is C18H19N5O. The number of anilines is 3. The molecule has 0 aliphatic carbocycles. The molecule has 24 heavy (non-hydrogen) atoms. The lowest BCUT2D eigenvalue weighted by molar-refractivity contribution is 0.311. The molecule has 0 saturated heterocycles. The molecule has 0 fully saturated rings. The highest BCUT2D eigenvalue weighted by Crippen LogP contribution is 2.22. The summed E-state index contributed by atoms with van der Waals surface area (Å²) in [6.45, 7) is 2.57. The van der Waals surface area contributed by atoms with Crippen molar-refractivity contribution in [3.05, 3.63) is 60.6 Å². The number of benzene rings is 1. The van der Waals surface area contributed by atoms with E-state index < -0.39 is 0 Å². The summed E-state index contributed by atoms with van der Waals surface area (Å²) in [5.41, 5.74) is 3.92. The molecule has 3 N–H and O–H groups in total. The molecule has 6 nitrogen and oxygen atoms in total. The quantitative estimate of drug-likeness (QED) is 0.647. The molecule has 0 radical (unpaired) electrons. The maximum Gasteiger partial charge on any atom is 0.134 e. The van der Waals surface area contributed by atoms with Crippen molar-refractivity contribution >= 4 is 17.3 Å². The van der Waals surface area contributed by atoms with Crippen molar-refractivity contribution < 1.29 is 5.11 Å². The topological polar surface area (TPSA) is 83.0 Å². The van der Waals surface area contributed by atoms with Crippen LogP contribution in [0.25, 0.3) is 11.3 Å². The Labute approximate surface area is 140 Å². The zero-order chi connectivity index (χ0) is 16.8. The Morgan fingerprint density at radius 1 is 0.958 bits per heavy atom. The molecule has 3 rings (SSSR count). The normalized spacial score (nSPS) is 10.4. The number of nitrogens with one attached hydrogen (secondary N) is 2. The molecule has 1 aromatic carbocycles. The van der Waals surface area contributed by atoms with E-state index in [1.807, 2.05) is 42.5 Å². The summed E-state index contributed by atoms with van der Waals surface area (Å²) in [5.74, 6) is 1.43. The minimum Gasteiger partial charge on any atom is -0.395 e. The maximum absolute atomic E-state index is 8.89. The van der Waals surface area contributed by atoms with E-state index in [9.17, 15) is 0 Å². The summed E-state index contributed by atoms with van der Waals surface area (Å²) in [7, 11) is 0. The molecule has 0 aliphatic rings. The Morgan fingerprint density at radius 2 is 1.79 bits per heavy atom. The number of hydrogen-bond donors (Lipinski definition) is 3. The van der Waals surface area contributed by atoms with Crippen LogP contribution in [0.2, 0.25) is 0 Å². The summed E-state index contributed by atoms with van der Waals surface area (Å²) >= 11 is 0. The monoisotopic (exact) mass is 321 g/mol. The molecule has 0 spiro atoms. The van der Waals surface area contributed by atoms with Crippen molar-refractivity contribution in [2.45, 2.75) is 6.92 Å². The third-order valence-electron chi connectivity index (χ3n) is 3.46. The third-order valence-corrected chi connectivity index (χ3v) is 3.46. The van der Waals surface area contributed by atoms with Crippen molar-refractivity contribution in [3.63, 3.8) is 0 Å². The molecule has 0 saturated carbocycles. The summed E-state index contributed by atoms with van der Waals surface area (Å²) in [4.78, 5) is 12.8. The molecule has 6 heteroatoms. The summed E-state index contributed by atoms with van der Waals surface area (Å²) < 4.78 is 0. The molecule has 0 unspecified atom stereocenters. The average molecular weight is 321 g/mol. The second-order valence-electron chi connectivity index (χ2n) is 5.36. The largest absolute Gasteiger partial charge is 0.395 e. The Kier molecular flexibility index (Phi) is 4.98. The molecule has 0 aliphatic heterocycles. The number of hydrogen-bond acceptors (Lipinski definition) is 6. The number of nitrogens with zero attached hydrogens (tertiary/aromatic N) is 3. The number of aryl methyl sites for hydroxylation is 1. The number of pyridine rings is 1. The van der Waals surface area contributed by atoms with E-state index in [4.69, 9.17) is 5.11 Å². The van der Waals surface area contributed by atoms with Gasteiger partial charge in [-0.25, -0.2) is 15.0 Å². The first-order valence-electron chi connectivity index (χ1n) is 7.71. The lowest BCUT2D eigenvalue weighted by atomic mass is 10.2. The average Bonchev–Trinajstić information content (AvgIpc) is 2.62. The van der Waals surface area contributed by atoms with E-state index in [1.165, 1.54) is 11.9 Å². The van der Waals surface area contributed by atoms with E-state index in [0.29, 0.717) is 12.4 Å². The van der Waals surface area contributed by atoms with Gasteiger partial charge in [0, 0.05) is 30.1 Å². The van der Waals surface area contributed by atoms with E-state index in [2.05, 4.69) is 32.5 Å². The molecule has 2 aromatic heterocycles. The van der Waals surface area contributed by atoms with Gasteiger partial charge < -0.3 is 15.7 Å². The minimum atomic E-state index is 0.0596. The number of aliphatic hydroxyl groups is 1. The second-order valence-corrected chi connectivity index (χ2v) is 5.36. The van der Waals surface area contributed by atoms with Crippen LogP contribution in [0.1, 0.15) is 5.56 Å². The van der Waals surface area contributed by atoms with E-state index in [1.54, 1.807) is 6.20 Å². The van der Waals surface area contributed by atoms with Gasteiger partial charge in [-0.1, -0.05) is 17.7 Å². The molecule has 0 atom stereocenters. The zero-order valence-electron chi connectivity index (χ0n) is 13.4. The van der Waals surface area contributed by atoms with Crippen LogP contribution >= 0.6 is 0 Å². The SMILES string of the molecule is Cc1ccc(Nc2cc(-c3ccnc(NCCO)c3)ncn2)cc1. The number of aromatic nitrogens is 3. The predicted octanol–water partition coefficient (Wildman–Crippen LogP) is 2.99. The lowest BCUT2D eigenvalue weighted by Crippen LogP contribution is -2.06. The smallest absolute Gasteiger partial charge is 0.134 e. The molecular weight excluding hydrogens is 302 g/mol. The Morgan fingerprint density at radius 3 is 2.58 bits per heavy atom. The van der Waals surface area contributed by atoms with Gasteiger partial charge in [-0.2, -0.15) is 0 Å². The van der Waals surface area contributed by atoms with Crippen LogP contribution < -0.4 is 10.6 Å². The van der Waals surface area contributed by atoms with Gasteiger partial charge in [0.2, 0.25) is 0 Å². The molecule has 3 aromatic rings. The van der Waals surface area contributed by atoms with E-state index in [0.717, 1.165) is 22.8 Å². The van der Waals surface area contributed by atoms with E-state index >= 15 is 0 Å². The Bertz CT molecular complexity index is 805. The molecule has 2 heterocycles. The highest BCUT2D eigenvalue weighted by molar-refractivity contribution is 5.67. The van der Waals surface area contributed by atoms with Gasteiger partial charge in [-0.3, -0.25) is 0 Å². The fourth-order valence-corrected chi connectivity index (χ4v) is 2.24. The van der Waals surface area contributed by atoms with Crippen LogP contribution in [0.15, 0.2) is 55.0 Å². The molecule has 122 valence electrons. The molecule has 0 bridgehead atoms. The van der Waals surface area contributed by atoms with Crippen LogP contribution in [-0.4, -0.2) is 33.2 Å². The summed E-state index contributed by atoms with van der Waals surface area (Å²) in [6.07, 6.45) is 3.25. The lowest BCUT2D eigenvalue weighted by Gasteiger charge is -2.08. The summed E-state index contributed by atoms with van der Waals surface area (Å²) in [6, 6.07) is 13.8. The van der Waals surface area contributed by atoms with Gasteiger partial charge in [0.1, 0.15) is 18.0 Å². The fourth-order valence-electron chi connectivity index (χ4n) is 2.24. The van der Waals surface area contributed by atoms with Gasteiger partial charge in [-0.15, -0.1) is 0 Å². The van der Waals surface area contributed by atoms with E-state index in [-0.39, 0.29) is 6.61 Å². The van der Waals surface area contributed by atoms with Crippen LogP contribution in [-0.2, 0) is 0 Å². The first kappa shape index (κ1) is 15.9. The van der Waals surface area contributed by atoms with Crippen molar-refractivity contribution in [3.8, 4) is 11.3 Å². The second kappa shape index (κ2) is 7.52. The highest BCUT2D eigenvalue weighted by atomic mass is 16.3. The standard InChI is InChI=1S/C18H19N5O/c1-13-2-4-15(5-3-13)23-18-11-16(21-12-22-18)14-6-7-19-17(10-14)20-8-9-24/h2-7,10-12,24H,8-9H2,1H3,(H,19,20)(H,21,22,23). The fraction of sp³-hybridized carbons (Fsp3) is 0.167. The molecule has 0 amide bonds. The van der Waals surface area contributed by atoms with Gasteiger partial charge >= 0.3 is 0 Å². The van der Waals surface area contributed by atoms with Crippen LogP contribution in [0, 0.1) is 6.92 Å². The summed E-state index contributed by atoms with van der Waals surface area (Å²) in [5, 5.41) is 15.2. The zero-order valence-corrected chi connectivity index (χ0v) is 13.4. The third kappa shape index (κ3) is 4.05. The van der Waals surface area contributed by atoms with Crippen LogP contribution in [0.3, 0.4) is 0 Å². The maximum atomic E-state index is 8.89. The van der Waals surface area contributed by atoms with Gasteiger partial charge in [-0.05, 0) is 31.2 Å². The van der Waals surface area contributed by atoms with Crippen molar-refractivity contribution in [1.29, 1.82) is 0 Å². The Balaban J connectivity index is 1.81. The number of aliphatic hydroxyl groups excluding tert-OH is 1. The van der Waals surface area contributed by atoms with Crippen LogP contribution in [0.4, 0.5) is 17.3 Å². The van der Waals surface area contributed by atoms with Crippen molar-refractivity contribution in [1.82, 2.24) is 15.0 Å². The van der Waals surface area contributed by atoms with Gasteiger partial charge in [0.05, 0.1) is 12.3 Å². The first-order valence-corrected chi connectivity index (χ1v) is 7.71. The highest BCUT2D eigenvalue weighted by Gasteiger charge is 2.04.